The number of carbonyl (C=O) groups is 1. The first kappa shape index (κ1) is 27.9. The monoisotopic (exact) mass is 540 g/mol. The highest BCUT2D eigenvalue weighted by Gasteiger charge is 2.38. The summed E-state index contributed by atoms with van der Waals surface area (Å²) in [5, 5.41) is 7.27. The second kappa shape index (κ2) is 13.6. The van der Waals surface area contributed by atoms with Gasteiger partial charge in [-0.2, -0.15) is 0 Å². The van der Waals surface area contributed by atoms with Gasteiger partial charge in [-0.05, 0) is 40.3 Å². The van der Waals surface area contributed by atoms with E-state index in [2.05, 4.69) is 95.6 Å². The molecule has 0 fully saturated rings. The number of ether oxygens (including phenoxy) is 1. The van der Waals surface area contributed by atoms with E-state index in [0.717, 1.165) is 33.6 Å². The van der Waals surface area contributed by atoms with Crippen LogP contribution in [-0.2, 0) is 16.8 Å². The summed E-state index contributed by atoms with van der Waals surface area (Å²) in [4.78, 5) is 13.1. The Bertz CT molecular complexity index is 1410. The Labute approximate surface area is 243 Å². The van der Waals surface area contributed by atoms with E-state index in [-0.39, 0.29) is 11.9 Å². The molecule has 5 aromatic carbocycles. The van der Waals surface area contributed by atoms with Gasteiger partial charge in [-0.1, -0.05) is 140 Å². The second-order valence-electron chi connectivity index (χ2n) is 10.1. The van der Waals surface area contributed by atoms with E-state index in [9.17, 15) is 4.79 Å². The number of para-hydroxylation sites is 1. The topological polar surface area (TPSA) is 50.4 Å². The zero-order valence-corrected chi connectivity index (χ0v) is 23.4. The number of amides is 1. The third-order valence-corrected chi connectivity index (χ3v) is 7.53. The van der Waals surface area contributed by atoms with Gasteiger partial charge in [0.2, 0.25) is 5.91 Å². The molecular formula is C37H36N2O2. The molecule has 4 heteroatoms. The summed E-state index contributed by atoms with van der Waals surface area (Å²) in [6, 6.07) is 49.6. The number of aryl methyl sites for hydroxylation is 1. The third kappa shape index (κ3) is 6.56. The highest BCUT2D eigenvalue weighted by Crippen LogP contribution is 2.39. The molecule has 1 atom stereocenters. The molecule has 0 bridgehead atoms. The van der Waals surface area contributed by atoms with Gasteiger partial charge in [0, 0.05) is 13.0 Å². The van der Waals surface area contributed by atoms with Crippen molar-refractivity contribution in [2.75, 3.05) is 13.7 Å². The molecule has 0 saturated carbocycles. The molecule has 41 heavy (non-hydrogen) atoms. The lowest BCUT2D eigenvalue weighted by atomic mass is 9.76. The van der Waals surface area contributed by atoms with E-state index in [1.807, 2.05) is 60.7 Å². The molecule has 0 saturated heterocycles. The van der Waals surface area contributed by atoms with Crippen molar-refractivity contribution in [3.63, 3.8) is 0 Å². The van der Waals surface area contributed by atoms with Crippen LogP contribution in [0.4, 0.5) is 0 Å². The number of nitrogens with one attached hydrogen (secondary N) is 2. The minimum absolute atomic E-state index is 0.00312. The lowest BCUT2D eigenvalue weighted by molar-refractivity contribution is -0.121. The lowest BCUT2D eigenvalue weighted by Gasteiger charge is -2.40. The zero-order valence-electron chi connectivity index (χ0n) is 23.4. The van der Waals surface area contributed by atoms with Crippen molar-refractivity contribution in [1.82, 2.24) is 10.6 Å². The van der Waals surface area contributed by atoms with Gasteiger partial charge in [0.05, 0.1) is 18.7 Å². The van der Waals surface area contributed by atoms with E-state index < -0.39 is 5.54 Å². The van der Waals surface area contributed by atoms with Crippen molar-refractivity contribution in [2.24, 2.45) is 0 Å². The van der Waals surface area contributed by atoms with Gasteiger partial charge >= 0.3 is 0 Å². The van der Waals surface area contributed by atoms with Crippen LogP contribution in [0.25, 0.3) is 0 Å². The summed E-state index contributed by atoms with van der Waals surface area (Å²) in [6.45, 7) is 0.434. The molecule has 5 aromatic rings. The summed E-state index contributed by atoms with van der Waals surface area (Å²) >= 11 is 0. The molecular weight excluding hydrogens is 504 g/mol. The van der Waals surface area contributed by atoms with Gasteiger partial charge in [-0.25, -0.2) is 0 Å². The average Bonchev–Trinajstić information content (AvgIpc) is 3.06. The predicted molar refractivity (Wildman–Crippen MR) is 166 cm³/mol. The molecule has 0 aliphatic carbocycles. The lowest BCUT2D eigenvalue weighted by Crippen LogP contribution is -2.49. The number of hydrogen-bond acceptors (Lipinski definition) is 3. The number of carbonyl (C=O) groups excluding carboxylic acids is 1. The fourth-order valence-corrected chi connectivity index (χ4v) is 5.48. The van der Waals surface area contributed by atoms with Crippen molar-refractivity contribution < 1.29 is 9.53 Å². The maximum absolute atomic E-state index is 13.1. The quantitative estimate of drug-likeness (QED) is 0.167. The van der Waals surface area contributed by atoms with Crippen LogP contribution in [0.5, 0.6) is 5.75 Å². The summed E-state index contributed by atoms with van der Waals surface area (Å²) in [6.07, 6.45) is 0.990. The van der Waals surface area contributed by atoms with E-state index >= 15 is 0 Å². The van der Waals surface area contributed by atoms with Crippen LogP contribution in [-0.4, -0.2) is 19.6 Å². The van der Waals surface area contributed by atoms with Gasteiger partial charge in [0.15, 0.2) is 0 Å². The SMILES string of the molecule is COc1ccccc1CCC(=O)NCC(NC(c1ccccc1)(c1ccccc1)c1ccccc1)c1ccccc1. The normalized spacial score (nSPS) is 11.9. The van der Waals surface area contributed by atoms with E-state index in [1.54, 1.807) is 7.11 Å². The van der Waals surface area contributed by atoms with Gasteiger partial charge in [-0.3, -0.25) is 10.1 Å². The molecule has 1 unspecified atom stereocenters. The van der Waals surface area contributed by atoms with E-state index in [4.69, 9.17) is 4.74 Å². The fraction of sp³-hybridized carbons (Fsp3) is 0.162. The average molecular weight is 541 g/mol. The first-order valence-corrected chi connectivity index (χ1v) is 14.1. The van der Waals surface area contributed by atoms with Gasteiger partial charge in [0.25, 0.3) is 0 Å². The molecule has 0 aromatic heterocycles. The van der Waals surface area contributed by atoms with Crippen LogP contribution in [0.3, 0.4) is 0 Å². The smallest absolute Gasteiger partial charge is 0.220 e. The third-order valence-electron chi connectivity index (χ3n) is 7.53. The molecule has 1 amide bonds. The number of hydrogen-bond donors (Lipinski definition) is 2. The van der Waals surface area contributed by atoms with Gasteiger partial charge in [-0.15, -0.1) is 0 Å². The fourth-order valence-electron chi connectivity index (χ4n) is 5.48. The Morgan fingerprint density at radius 2 is 1.12 bits per heavy atom. The highest BCUT2D eigenvalue weighted by atomic mass is 16.5. The Morgan fingerprint density at radius 1 is 0.659 bits per heavy atom. The van der Waals surface area contributed by atoms with E-state index in [0.29, 0.717) is 19.4 Å². The maximum Gasteiger partial charge on any atom is 0.220 e. The minimum Gasteiger partial charge on any atom is -0.496 e. The molecule has 0 aliphatic heterocycles. The number of rotatable bonds is 12. The predicted octanol–water partition coefficient (Wildman–Crippen LogP) is 7.07. The number of benzene rings is 5. The van der Waals surface area contributed by atoms with Crippen LogP contribution in [0.15, 0.2) is 146 Å². The van der Waals surface area contributed by atoms with Crippen molar-refractivity contribution in [2.45, 2.75) is 24.4 Å². The Kier molecular flexibility index (Phi) is 9.25. The van der Waals surface area contributed by atoms with Crippen molar-refractivity contribution in [3.8, 4) is 5.75 Å². The standard InChI is InChI=1S/C37H36N2O2/c1-41-35-25-15-14-18-30(35)26-27-36(40)38-28-34(29-16-6-2-7-17-29)39-37(31-19-8-3-9-20-31,32-21-10-4-11-22-32)33-23-12-5-13-24-33/h2-25,34,39H,26-28H2,1H3,(H,38,40). The molecule has 4 nitrogen and oxygen atoms in total. The molecule has 2 N–H and O–H groups in total. The largest absolute Gasteiger partial charge is 0.496 e. The summed E-state index contributed by atoms with van der Waals surface area (Å²) in [5.41, 5.74) is 4.85. The first-order chi connectivity index (χ1) is 20.2. The minimum atomic E-state index is -0.660. The molecule has 0 spiro atoms. The zero-order chi connectivity index (χ0) is 28.3. The summed E-state index contributed by atoms with van der Waals surface area (Å²) in [5.74, 6) is 0.811. The maximum atomic E-state index is 13.1. The summed E-state index contributed by atoms with van der Waals surface area (Å²) in [7, 11) is 1.66. The first-order valence-electron chi connectivity index (χ1n) is 14.1. The molecule has 0 heterocycles. The molecule has 0 radical (unpaired) electrons. The van der Waals surface area contributed by atoms with E-state index in [1.165, 1.54) is 0 Å². The highest BCUT2D eigenvalue weighted by molar-refractivity contribution is 5.76. The van der Waals surface area contributed by atoms with Gasteiger partial charge in [0.1, 0.15) is 5.75 Å². The second-order valence-corrected chi connectivity index (χ2v) is 10.1. The van der Waals surface area contributed by atoms with Crippen LogP contribution >= 0.6 is 0 Å². The molecule has 206 valence electrons. The number of methoxy groups -OCH3 is 1. The van der Waals surface area contributed by atoms with Gasteiger partial charge < -0.3 is 10.1 Å². The molecule has 5 rings (SSSR count). The summed E-state index contributed by atoms with van der Waals surface area (Å²) < 4.78 is 5.47. The Morgan fingerprint density at radius 3 is 1.63 bits per heavy atom. The Balaban J connectivity index is 1.48. The van der Waals surface area contributed by atoms with Crippen LogP contribution in [0, 0.1) is 0 Å². The van der Waals surface area contributed by atoms with Crippen molar-refractivity contribution in [3.05, 3.63) is 173 Å². The van der Waals surface area contributed by atoms with Crippen molar-refractivity contribution >= 4 is 5.91 Å². The van der Waals surface area contributed by atoms with Crippen molar-refractivity contribution in [1.29, 1.82) is 0 Å². The Hall–Kier alpha value is -4.67. The van der Waals surface area contributed by atoms with Crippen LogP contribution < -0.4 is 15.4 Å². The van der Waals surface area contributed by atoms with Crippen LogP contribution in [0.1, 0.15) is 40.3 Å². The molecule has 0 aliphatic rings. The van der Waals surface area contributed by atoms with Crippen LogP contribution in [0.2, 0.25) is 0 Å².